The predicted molar refractivity (Wildman–Crippen MR) is 146 cm³/mol. The summed E-state index contributed by atoms with van der Waals surface area (Å²) in [6, 6.07) is 29.9. The Labute approximate surface area is 205 Å². The Balaban J connectivity index is 1.65. The van der Waals surface area contributed by atoms with E-state index in [1.807, 2.05) is 66.7 Å². The molecule has 35 heavy (non-hydrogen) atoms. The second kappa shape index (κ2) is 9.31. The van der Waals surface area contributed by atoms with E-state index in [0.29, 0.717) is 22.7 Å². The number of hydrogen-bond donors (Lipinski definition) is 4. The van der Waals surface area contributed by atoms with Crippen LogP contribution in [-0.2, 0) is 6.42 Å². The Morgan fingerprint density at radius 2 is 1.03 bits per heavy atom. The topological polar surface area (TPSA) is 117 Å². The lowest BCUT2D eigenvalue weighted by Crippen LogP contribution is -2.07. The predicted octanol–water partition coefficient (Wildman–Crippen LogP) is 6.32. The third-order valence-corrected chi connectivity index (χ3v) is 6.48. The molecule has 0 bridgehead atoms. The molecule has 0 amide bonds. The van der Waals surface area contributed by atoms with Gasteiger partial charge in [-0.2, -0.15) is 0 Å². The highest BCUT2D eigenvalue weighted by Gasteiger charge is 2.20. The number of nitrogens with two attached hydrogens (primary N) is 4. The monoisotopic (exact) mass is 460 g/mol. The number of rotatable bonds is 6. The minimum absolute atomic E-state index is 0.0289. The van der Waals surface area contributed by atoms with Crippen LogP contribution in [0.25, 0.3) is 22.3 Å². The molecule has 0 fully saturated rings. The normalized spacial score (nSPS) is 11.1. The molecule has 0 atom stereocenters. The first-order valence-electron chi connectivity index (χ1n) is 11.5. The van der Waals surface area contributed by atoms with Crippen molar-refractivity contribution in [2.45, 2.75) is 12.3 Å². The van der Waals surface area contributed by atoms with Gasteiger partial charge < -0.3 is 27.4 Å². The minimum atomic E-state index is 0.0289. The highest BCUT2D eigenvalue weighted by molar-refractivity contribution is 5.86. The summed E-state index contributed by atoms with van der Waals surface area (Å²) in [5.41, 5.74) is 35.2. The first-order valence-corrected chi connectivity index (χ1v) is 11.5. The van der Waals surface area contributed by atoms with Crippen molar-refractivity contribution in [1.29, 1.82) is 0 Å². The molecule has 1 heterocycles. The van der Waals surface area contributed by atoms with Gasteiger partial charge in [-0.15, -0.1) is 0 Å². The number of furan rings is 1. The van der Waals surface area contributed by atoms with Gasteiger partial charge in [0.15, 0.2) is 0 Å². The average molecular weight is 461 g/mol. The molecule has 4 aromatic carbocycles. The van der Waals surface area contributed by atoms with Crippen molar-refractivity contribution in [3.05, 3.63) is 120 Å². The van der Waals surface area contributed by atoms with E-state index in [1.54, 1.807) is 12.5 Å². The second-order valence-electron chi connectivity index (χ2n) is 8.76. The standard InChI is InChI=1S/C30H28N4O/c31-27-7-3-1-5-22(27)25-16-20(9-11-29(25)33)24(15-19-13-14-35-18-19)21-10-12-30(34)26(17-21)23-6-2-4-8-28(23)32/h1-14,16-18,24H,15,31-34H2. The lowest BCUT2D eigenvalue weighted by atomic mass is 9.83. The van der Waals surface area contributed by atoms with Crippen LogP contribution in [0.3, 0.4) is 0 Å². The van der Waals surface area contributed by atoms with E-state index in [2.05, 4.69) is 24.3 Å². The number of benzene rings is 4. The maximum Gasteiger partial charge on any atom is 0.0934 e. The van der Waals surface area contributed by atoms with Crippen molar-refractivity contribution in [2.75, 3.05) is 22.9 Å². The smallest absolute Gasteiger partial charge is 0.0934 e. The first kappa shape index (κ1) is 22.2. The summed E-state index contributed by atoms with van der Waals surface area (Å²) < 4.78 is 5.37. The Kier molecular flexibility index (Phi) is 5.90. The molecule has 5 aromatic rings. The van der Waals surface area contributed by atoms with Gasteiger partial charge in [0.05, 0.1) is 12.5 Å². The number of para-hydroxylation sites is 2. The molecule has 5 rings (SSSR count). The van der Waals surface area contributed by atoms with Crippen molar-refractivity contribution in [2.24, 2.45) is 0 Å². The van der Waals surface area contributed by atoms with E-state index in [1.165, 1.54) is 0 Å². The summed E-state index contributed by atoms with van der Waals surface area (Å²) in [6.07, 6.45) is 4.23. The quantitative estimate of drug-likeness (QED) is 0.221. The fourth-order valence-corrected chi connectivity index (χ4v) is 4.61. The van der Waals surface area contributed by atoms with E-state index in [4.69, 9.17) is 27.4 Å². The number of hydrogen-bond acceptors (Lipinski definition) is 5. The molecule has 0 aliphatic rings. The summed E-state index contributed by atoms with van der Waals surface area (Å²) in [4.78, 5) is 0. The Morgan fingerprint density at radius 3 is 1.49 bits per heavy atom. The van der Waals surface area contributed by atoms with Crippen molar-refractivity contribution in [3.8, 4) is 22.3 Å². The number of nitrogen functional groups attached to an aromatic ring is 4. The Morgan fingerprint density at radius 1 is 0.543 bits per heavy atom. The number of anilines is 4. The summed E-state index contributed by atoms with van der Waals surface area (Å²) in [5.74, 6) is 0.0289. The van der Waals surface area contributed by atoms with E-state index in [0.717, 1.165) is 45.4 Å². The third-order valence-electron chi connectivity index (χ3n) is 6.48. The zero-order valence-electron chi connectivity index (χ0n) is 19.3. The van der Waals surface area contributed by atoms with Gasteiger partial charge in [0.1, 0.15) is 0 Å². The molecule has 0 aliphatic heterocycles. The highest BCUT2D eigenvalue weighted by Crippen LogP contribution is 2.39. The first-order chi connectivity index (χ1) is 17.0. The fraction of sp³-hybridized carbons (Fsp3) is 0.0667. The van der Waals surface area contributed by atoms with Gasteiger partial charge in [-0.3, -0.25) is 0 Å². The van der Waals surface area contributed by atoms with Crippen LogP contribution in [0.4, 0.5) is 22.7 Å². The van der Waals surface area contributed by atoms with Crippen LogP contribution in [0.5, 0.6) is 0 Å². The van der Waals surface area contributed by atoms with Gasteiger partial charge in [0.2, 0.25) is 0 Å². The zero-order valence-corrected chi connectivity index (χ0v) is 19.3. The summed E-state index contributed by atoms with van der Waals surface area (Å²) in [7, 11) is 0. The van der Waals surface area contributed by atoms with Crippen LogP contribution in [0.2, 0.25) is 0 Å². The van der Waals surface area contributed by atoms with Crippen molar-refractivity contribution >= 4 is 22.7 Å². The van der Waals surface area contributed by atoms with Crippen LogP contribution in [-0.4, -0.2) is 0 Å². The van der Waals surface area contributed by atoms with Crippen molar-refractivity contribution < 1.29 is 4.42 Å². The van der Waals surface area contributed by atoms with Crippen LogP contribution in [0.1, 0.15) is 22.6 Å². The Hall–Kier alpha value is -4.64. The van der Waals surface area contributed by atoms with Crippen LogP contribution < -0.4 is 22.9 Å². The van der Waals surface area contributed by atoms with E-state index < -0.39 is 0 Å². The van der Waals surface area contributed by atoms with Crippen LogP contribution in [0.15, 0.2) is 108 Å². The fourth-order valence-electron chi connectivity index (χ4n) is 4.61. The van der Waals surface area contributed by atoms with Crippen LogP contribution >= 0.6 is 0 Å². The van der Waals surface area contributed by atoms with E-state index >= 15 is 0 Å². The van der Waals surface area contributed by atoms with E-state index in [-0.39, 0.29) is 5.92 Å². The van der Waals surface area contributed by atoms with Crippen LogP contribution in [0, 0.1) is 0 Å². The Bertz CT molecular complexity index is 1380. The van der Waals surface area contributed by atoms with Crippen molar-refractivity contribution in [1.82, 2.24) is 0 Å². The molecule has 0 radical (unpaired) electrons. The van der Waals surface area contributed by atoms with Gasteiger partial charge in [-0.25, -0.2) is 0 Å². The second-order valence-corrected chi connectivity index (χ2v) is 8.76. The summed E-state index contributed by atoms with van der Waals surface area (Å²) in [6.45, 7) is 0. The lowest BCUT2D eigenvalue weighted by Gasteiger charge is -2.21. The summed E-state index contributed by atoms with van der Waals surface area (Å²) in [5, 5.41) is 0. The molecule has 0 aliphatic carbocycles. The average Bonchev–Trinajstić information content (AvgIpc) is 3.38. The molecule has 0 saturated heterocycles. The molecule has 5 heteroatoms. The molecule has 174 valence electrons. The zero-order chi connectivity index (χ0) is 24.4. The van der Waals surface area contributed by atoms with E-state index in [9.17, 15) is 0 Å². The maximum absolute atomic E-state index is 6.40. The SMILES string of the molecule is Nc1ccccc1-c1cc(C(Cc2ccoc2)c2ccc(N)c(-c3ccccc3N)c2)ccc1N. The molecule has 5 nitrogen and oxygen atoms in total. The lowest BCUT2D eigenvalue weighted by molar-refractivity contribution is 0.562. The van der Waals surface area contributed by atoms with Gasteiger partial charge in [0.25, 0.3) is 0 Å². The molecule has 1 aromatic heterocycles. The largest absolute Gasteiger partial charge is 0.472 e. The maximum atomic E-state index is 6.40. The molecule has 0 saturated carbocycles. The molecule has 0 spiro atoms. The molecule has 0 unspecified atom stereocenters. The minimum Gasteiger partial charge on any atom is -0.472 e. The summed E-state index contributed by atoms with van der Waals surface area (Å²) >= 11 is 0. The van der Waals surface area contributed by atoms with Crippen molar-refractivity contribution in [3.63, 3.8) is 0 Å². The molecular formula is C30H28N4O. The van der Waals surface area contributed by atoms with Gasteiger partial charge in [-0.05, 0) is 65.6 Å². The highest BCUT2D eigenvalue weighted by atomic mass is 16.3. The van der Waals surface area contributed by atoms with Gasteiger partial charge in [-0.1, -0.05) is 48.5 Å². The third kappa shape index (κ3) is 4.44. The molecule has 8 N–H and O–H groups in total. The van der Waals surface area contributed by atoms with Gasteiger partial charge in [0, 0.05) is 50.9 Å². The van der Waals surface area contributed by atoms with Gasteiger partial charge >= 0.3 is 0 Å². The molecular weight excluding hydrogens is 432 g/mol.